The lowest BCUT2D eigenvalue weighted by atomic mass is 10.1. The lowest BCUT2D eigenvalue weighted by molar-refractivity contribution is 0.0951. The van der Waals surface area contributed by atoms with Crippen LogP contribution >= 0.6 is 0 Å². The quantitative estimate of drug-likeness (QED) is 0.789. The Hall–Kier alpha value is -2.45. The fraction of sp³-hybridized carbons (Fsp3) is 0.316. The van der Waals surface area contributed by atoms with Gasteiger partial charge in [-0.2, -0.15) is 12.7 Å². The number of carbonyl (C=O) groups excluding carboxylic acids is 1. The van der Waals surface area contributed by atoms with Crippen LogP contribution < -0.4 is 9.62 Å². The molecule has 0 heterocycles. The third kappa shape index (κ3) is 4.45. The van der Waals surface area contributed by atoms with Gasteiger partial charge in [-0.3, -0.25) is 9.10 Å². The summed E-state index contributed by atoms with van der Waals surface area (Å²) in [5.74, 6) is -0.765. The molecule has 2 aromatic carbocycles. The number of hydrogen-bond donors (Lipinski definition) is 1. The molecule has 144 valence electrons. The number of halogens is 1. The predicted molar refractivity (Wildman–Crippen MR) is 102 cm³/mol. The van der Waals surface area contributed by atoms with Gasteiger partial charge in [0.05, 0.1) is 12.2 Å². The Morgan fingerprint density at radius 1 is 1.11 bits per heavy atom. The number of carbonyl (C=O) groups is 1. The van der Waals surface area contributed by atoms with Crippen LogP contribution in [0, 0.1) is 5.82 Å². The van der Waals surface area contributed by atoms with E-state index >= 15 is 0 Å². The van der Waals surface area contributed by atoms with Gasteiger partial charge in [0.2, 0.25) is 0 Å². The summed E-state index contributed by atoms with van der Waals surface area (Å²) in [7, 11) is -1.10. The molecule has 27 heavy (non-hydrogen) atoms. The molecular formula is C19H22FN3O3S. The molecule has 0 bridgehead atoms. The number of para-hydroxylation sites is 1. The number of hydrogen-bond acceptors (Lipinski definition) is 3. The second kappa shape index (κ2) is 7.66. The van der Waals surface area contributed by atoms with Crippen LogP contribution in [0.5, 0.6) is 0 Å². The van der Waals surface area contributed by atoms with Crippen molar-refractivity contribution in [3.63, 3.8) is 0 Å². The van der Waals surface area contributed by atoms with E-state index < -0.39 is 16.0 Å². The molecule has 1 amide bonds. The van der Waals surface area contributed by atoms with E-state index in [1.54, 1.807) is 30.3 Å². The molecule has 0 spiro atoms. The first-order valence-corrected chi connectivity index (χ1v) is 10.0. The van der Waals surface area contributed by atoms with Gasteiger partial charge in [0.1, 0.15) is 5.82 Å². The van der Waals surface area contributed by atoms with E-state index in [1.165, 1.54) is 32.3 Å². The smallest absolute Gasteiger partial charge is 0.303 e. The van der Waals surface area contributed by atoms with Gasteiger partial charge in [-0.05, 0) is 42.7 Å². The van der Waals surface area contributed by atoms with E-state index in [1.807, 2.05) is 0 Å². The van der Waals surface area contributed by atoms with Gasteiger partial charge in [-0.1, -0.05) is 24.3 Å². The van der Waals surface area contributed by atoms with E-state index in [4.69, 9.17) is 0 Å². The Balaban J connectivity index is 1.86. The second-order valence-corrected chi connectivity index (χ2v) is 8.76. The summed E-state index contributed by atoms with van der Waals surface area (Å²) < 4.78 is 41.7. The fourth-order valence-electron chi connectivity index (χ4n) is 2.57. The summed E-state index contributed by atoms with van der Waals surface area (Å²) in [5.41, 5.74) is 1.13. The SMILES string of the molecule is CN(C)S(=O)(=O)N(Cc1ccc(C(=O)NC2CC2)cc1)c1ccccc1F. The summed E-state index contributed by atoms with van der Waals surface area (Å²) in [6, 6.07) is 12.7. The topological polar surface area (TPSA) is 69.7 Å². The monoisotopic (exact) mass is 391 g/mol. The van der Waals surface area contributed by atoms with Crippen molar-refractivity contribution in [1.29, 1.82) is 0 Å². The number of nitrogens with zero attached hydrogens (tertiary/aromatic N) is 2. The first-order chi connectivity index (χ1) is 12.8. The molecule has 6 nitrogen and oxygen atoms in total. The number of anilines is 1. The maximum Gasteiger partial charge on any atom is 0.303 e. The van der Waals surface area contributed by atoms with Gasteiger partial charge in [0.15, 0.2) is 0 Å². The van der Waals surface area contributed by atoms with Crippen molar-refractivity contribution >= 4 is 21.8 Å². The number of benzene rings is 2. The summed E-state index contributed by atoms with van der Waals surface area (Å²) >= 11 is 0. The Labute approximate surface area is 158 Å². The average Bonchev–Trinajstić information content (AvgIpc) is 3.44. The molecule has 2 aromatic rings. The second-order valence-electron chi connectivity index (χ2n) is 6.69. The minimum Gasteiger partial charge on any atom is -0.349 e. The van der Waals surface area contributed by atoms with Gasteiger partial charge < -0.3 is 5.32 Å². The highest BCUT2D eigenvalue weighted by atomic mass is 32.2. The maximum absolute atomic E-state index is 14.3. The van der Waals surface area contributed by atoms with Gasteiger partial charge in [-0.25, -0.2) is 4.39 Å². The third-order valence-corrected chi connectivity index (χ3v) is 6.12. The molecule has 1 saturated carbocycles. The molecule has 0 aliphatic heterocycles. The fourth-order valence-corrected chi connectivity index (χ4v) is 3.67. The van der Waals surface area contributed by atoms with E-state index in [-0.39, 0.29) is 24.2 Å². The molecule has 0 radical (unpaired) electrons. The normalized spacial score (nSPS) is 14.2. The van der Waals surface area contributed by atoms with Crippen molar-refractivity contribution in [2.45, 2.75) is 25.4 Å². The van der Waals surface area contributed by atoms with Gasteiger partial charge in [0, 0.05) is 25.7 Å². The van der Waals surface area contributed by atoms with Crippen LogP contribution in [0.4, 0.5) is 10.1 Å². The van der Waals surface area contributed by atoms with Gasteiger partial charge in [0.25, 0.3) is 5.91 Å². The van der Waals surface area contributed by atoms with Crippen molar-refractivity contribution in [1.82, 2.24) is 9.62 Å². The van der Waals surface area contributed by atoms with Crippen molar-refractivity contribution in [3.8, 4) is 0 Å². The van der Waals surface area contributed by atoms with Gasteiger partial charge in [-0.15, -0.1) is 0 Å². The van der Waals surface area contributed by atoms with Crippen LogP contribution in [0.25, 0.3) is 0 Å². The predicted octanol–water partition coefficient (Wildman–Crippen LogP) is 2.53. The minimum atomic E-state index is -3.90. The van der Waals surface area contributed by atoms with Crippen molar-refractivity contribution in [3.05, 3.63) is 65.5 Å². The highest BCUT2D eigenvalue weighted by Gasteiger charge is 2.27. The number of amides is 1. The first-order valence-electron chi connectivity index (χ1n) is 8.63. The van der Waals surface area contributed by atoms with Crippen LogP contribution in [0.1, 0.15) is 28.8 Å². The number of nitrogens with one attached hydrogen (secondary N) is 1. The molecule has 0 saturated heterocycles. The highest BCUT2D eigenvalue weighted by molar-refractivity contribution is 7.90. The summed E-state index contributed by atoms with van der Waals surface area (Å²) in [6.45, 7) is -0.0496. The Bertz CT molecular complexity index is 925. The molecule has 0 unspecified atom stereocenters. The molecule has 1 aliphatic rings. The molecule has 1 N–H and O–H groups in total. The Morgan fingerprint density at radius 2 is 1.74 bits per heavy atom. The van der Waals surface area contributed by atoms with Crippen molar-refractivity contribution < 1.29 is 17.6 Å². The molecule has 1 aliphatic carbocycles. The van der Waals surface area contributed by atoms with Crippen LogP contribution in [0.3, 0.4) is 0 Å². The molecule has 1 fully saturated rings. The zero-order valence-electron chi connectivity index (χ0n) is 15.2. The largest absolute Gasteiger partial charge is 0.349 e. The molecular weight excluding hydrogens is 369 g/mol. The minimum absolute atomic E-state index is 0.0262. The van der Waals surface area contributed by atoms with Crippen LogP contribution in [-0.4, -0.2) is 38.8 Å². The van der Waals surface area contributed by atoms with Crippen molar-refractivity contribution in [2.24, 2.45) is 0 Å². The maximum atomic E-state index is 14.3. The van der Waals surface area contributed by atoms with E-state index in [0.29, 0.717) is 11.1 Å². The Kier molecular flexibility index (Phi) is 5.48. The highest BCUT2D eigenvalue weighted by Crippen LogP contribution is 2.25. The Morgan fingerprint density at radius 3 is 2.30 bits per heavy atom. The molecule has 8 heteroatoms. The lowest BCUT2D eigenvalue weighted by Crippen LogP contribution is -2.40. The van der Waals surface area contributed by atoms with E-state index in [9.17, 15) is 17.6 Å². The standard InChI is InChI=1S/C19H22FN3O3S/c1-22(2)27(25,26)23(18-6-4-3-5-17(18)20)13-14-7-9-15(10-8-14)19(24)21-16-11-12-16/h3-10,16H,11-13H2,1-2H3,(H,21,24). The first kappa shape index (κ1) is 19.3. The van der Waals surface area contributed by atoms with Crippen LogP contribution in [0.2, 0.25) is 0 Å². The summed E-state index contributed by atoms with van der Waals surface area (Å²) in [4.78, 5) is 12.1. The zero-order valence-corrected chi connectivity index (χ0v) is 16.0. The van der Waals surface area contributed by atoms with Gasteiger partial charge >= 0.3 is 10.2 Å². The average molecular weight is 391 g/mol. The zero-order chi connectivity index (χ0) is 19.6. The third-order valence-electron chi connectivity index (χ3n) is 4.32. The van der Waals surface area contributed by atoms with Crippen LogP contribution in [-0.2, 0) is 16.8 Å². The van der Waals surface area contributed by atoms with E-state index in [0.717, 1.165) is 21.5 Å². The number of rotatable bonds is 7. The molecule has 0 atom stereocenters. The summed E-state index contributed by atoms with van der Waals surface area (Å²) in [5, 5.41) is 2.90. The molecule has 3 rings (SSSR count). The van der Waals surface area contributed by atoms with Crippen molar-refractivity contribution in [2.75, 3.05) is 18.4 Å². The lowest BCUT2D eigenvalue weighted by Gasteiger charge is -2.27. The van der Waals surface area contributed by atoms with Crippen LogP contribution in [0.15, 0.2) is 48.5 Å². The summed E-state index contributed by atoms with van der Waals surface area (Å²) in [6.07, 6.45) is 2.01. The van der Waals surface area contributed by atoms with E-state index in [2.05, 4.69) is 5.32 Å². The molecule has 0 aromatic heterocycles.